The van der Waals surface area contributed by atoms with Crippen molar-refractivity contribution in [3.8, 4) is 5.69 Å². The monoisotopic (exact) mass is 406 g/mol. The van der Waals surface area contributed by atoms with Gasteiger partial charge in [0.2, 0.25) is 0 Å². The second kappa shape index (κ2) is 7.35. The van der Waals surface area contributed by atoms with Gasteiger partial charge in [-0.25, -0.2) is 4.98 Å². The highest BCUT2D eigenvalue weighted by atomic mass is 35.5. The van der Waals surface area contributed by atoms with Crippen LogP contribution < -0.4 is 5.56 Å². The van der Waals surface area contributed by atoms with Gasteiger partial charge in [0.15, 0.2) is 5.16 Å². The number of fused-ring (bicyclic) bond motifs is 3. The van der Waals surface area contributed by atoms with Gasteiger partial charge in [0.05, 0.1) is 17.7 Å². The number of rotatable bonds is 4. The SMILES string of the molecule is Cc1ccc(-n2c(SCCO)nc3sc4c(c3c2=O)CCCC4)cc1Cl. The smallest absolute Gasteiger partial charge is 0.267 e. The summed E-state index contributed by atoms with van der Waals surface area (Å²) in [5.41, 5.74) is 2.83. The van der Waals surface area contributed by atoms with Gasteiger partial charge < -0.3 is 5.11 Å². The average Bonchev–Trinajstić information content (AvgIpc) is 3.01. The zero-order valence-electron chi connectivity index (χ0n) is 14.4. The molecule has 2 aromatic heterocycles. The lowest BCUT2D eigenvalue weighted by atomic mass is 9.97. The number of hydrogen-bond acceptors (Lipinski definition) is 5. The fourth-order valence-electron chi connectivity index (χ4n) is 3.37. The van der Waals surface area contributed by atoms with E-state index in [-0.39, 0.29) is 12.2 Å². The van der Waals surface area contributed by atoms with E-state index >= 15 is 0 Å². The standard InChI is InChI=1S/C19H19ClN2O2S2/c1-11-6-7-12(10-14(11)20)22-18(24)16-13-4-2-3-5-15(13)26-17(16)21-19(22)25-9-8-23/h6-7,10,23H,2-5,8-9H2,1H3. The van der Waals surface area contributed by atoms with Crippen LogP contribution in [0, 0.1) is 6.92 Å². The molecule has 0 saturated carbocycles. The van der Waals surface area contributed by atoms with Crippen LogP contribution in [0.4, 0.5) is 0 Å². The van der Waals surface area contributed by atoms with Gasteiger partial charge in [-0.15, -0.1) is 11.3 Å². The summed E-state index contributed by atoms with van der Waals surface area (Å²) < 4.78 is 1.65. The molecular weight excluding hydrogens is 388 g/mol. The molecule has 0 amide bonds. The van der Waals surface area contributed by atoms with Crippen LogP contribution in [0.15, 0.2) is 28.2 Å². The molecule has 2 heterocycles. The molecule has 0 radical (unpaired) electrons. The maximum Gasteiger partial charge on any atom is 0.267 e. The lowest BCUT2D eigenvalue weighted by Crippen LogP contribution is -2.22. The molecule has 1 aliphatic rings. The Morgan fingerprint density at radius 2 is 2.15 bits per heavy atom. The van der Waals surface area contributed by atoms with Crippen LogP contribution in [0.25, 0.3) is 15.9 Å². The fourth-order valence-corrected chi connectivity index (χ4v) is 5.60. The third kappa shape index (κ3) is 3.09. The number of halogens is 1. The molecule has 0 saturated heterocycles. The lowest BCUT2D eigenvalue weighted by molar-refractivity contribution is 0.322. The Morgan fingerprint density at radius 1 is 1.35 bits per heavy atom. The van der Waals surface area contributed by atoms with E-state index in [2.05, 4.69) is 0 Å². The maximum atomic E-state index is 13.5. The van der Waals surface area contributed by atoms with Crippen LogP contribution in [-0.4, -0.2) is 27.0 Å². The first kappa shape index (κ1) is 18.0. The van der Waals surface area contributed by atoms with Crippen LogP contribution in [0.1, 0.15) is 28.8 Å². The van der Waals surface area contributed by atoms with Crippen molar-refractivity contribution in [3.05, 3.63) is 49.6 Å². The molecule has 0 bridgehead atoms. The summed E-state index contributed by atoms with van der Waals surface area (Å²) >= 11 is 9.34. The summed E-state index contributed by atoms with van der Waals surface area (Å²) in [6.07, 6.45) is 4.28. The summed E-state index contributed by atoms with van der Waals surface area (Å²) in [5, 5.41) is 11.2. The van der Waals surface area contributed by atoms with Crippen molar-refractivity contribution in [3.63, 3.8) is 0 Å². The van der Waals surface area contributed by atoms with Crippen molar-refractivity contribution in [1.82, 2.24) is 9.55 Å². The first-order valence-corrected chi connectivity index (χ1v) is 10.9. The molecule has 0 aliphatic heterocycles. The fraction of sp³-hybridized carbons (Fsp3) is 0.368. The topological polar surface area (TPSA) is 55.1 Å². The minimum atomic E-state index is -0.0326. The number of aliphatic hydroxyl groups excluding tert-OH is 1. The summed E-state index contributed by atoms with van der Waals surface area (Å²) in [5.74, 6) is 0.489. The largest absolute Gasteiger partial charge is 0.396 e. The summed E-state index contributed by atoms with van der Waals surface area (Å²) in [7, 11) is 0. The Kier molecular flexibility index (Phi) is 5.10. The van der Waals surface area contributed by atoms with E-state index in [0.717, 1.165) is 40.7 Å². The van der Waals surface area contributed by atoms with Gasteiger partial charge in [-0.05, 0) is 55.9 Å². The number of hydrogen-bond donors (Lipinski definition) is 1. The molecule has 4 rings (SSSR count). The van der Waals surface area contributed by atoms with Gasteiger partial charge >= 0.3 is 0 Å². The first-order valence-electron chi connectivity index (χ1n) is 8.67. The Bertz CT molecular complexity index is 1040. The Labute approximate surface area is 164 Å². The number of aromatic nitrogens is 2. The maximum absolute atomic E-state index is 13.5. The van der Waals surface area contributed by atoms with Gasteiger partial charge in [0.1, 0.15) is 4.83 Å². The third-order valence-electron chi connectivity index (χ3n) is 4.69. The quantitative estimate of drug-likeness (QED) is 0.516. The van der Waals surface area contributed by atoms with Crippen molar-refractivity contribution in [2.75, 3.05) is 12.4 Å². The molecule has 0 unspecified atom stereocenters. The zero-order valence-corrected chi connectivity index (χ0v) is 16.8. The van der Waals surface area contributed by atoms with Gasteiger partial charge in [-0.2, -0.15) is 0 Å². The van der Waals surface area contributed by atoms with Crippen LogP contribution in [-0.2, 0) is 12.8 Å². The minimum absolute atomic E-state index is 0.0326. The van der Waals surface area contributed by atoms with E-state index in [1.807, 2.05) is 25.1 Å². The number of nitrogens with zero attached hydrogens (tertiary/aromatic N) is 2. The van der Waals surface area contributed by atoms with Gasteiger partial charge in [0.25, 0.3) is 5.56 Å². The third-order valence-corrected chi connectivity index (χ3v) is 7.21. The summed E-state index contributed by atoms with van der Waals surface area (Å²) in [6.45, 7) is 1.97. The average molecular weight is 407 g/mol. The van der Waals surface area contributed by atoms with Crippen molar-refractivity contribution < 1.29 is 5.11 Å². The number of benzene rings is 1. The number of thiophene rings is 1. The molecule has 1 aromatic carbocycles. The highest BCUT2D eigenvalue weighted by molar-refractivity contribution is 7.99. The molecule has 0 spiro atoms. The normalized spacial score (nSPS) is 14.0. The second-order valence-corrected chi connectivity index (χ2v) is 8.98. The second-order valence-electron chi connectivity index (χ2n) is 6.43. The predicted octanol–water partition coefficient (Wildman–Crippen LogP) is 4.37. The van der Waals surface area contributed by atoms with Crippen molar-refractivity contribution in [2.24, 2.45) is 0 Å². The molecular formula is C19H19ClN2O2S2. The van der Waals surface area contributed by atoms with E-state index in [1.54, 1.807) is 15.9 Å². The molecule has 4 nitrogen and oxygen atoms in total. The minimum Gasteiger partial charge on any atom is -0.396 e. The Morgan fingerprint density at radius 3 is 2.92 bits per heavy atom. The molecule has 0 fully saturated rings. The number of thioether (sulfide) groups is 1. The van der Waals surface area contributed by atoms with Crippen LogP contribution in [0.2, 0.25) is 5.02 Å². The number of aliphatic hydroxyl groups is 1. The molecule has 0 atom stereocenters. The first-order chi connectivity index (χ1) is 12.6. The highest BCUT2D eigenvalue weighted by Crippen LogP contribution is 2.35. The van der Waals surface area contributed by atoms with Crippen LogP contribution >= 0.6 is 34.7 Å². The molecule has 1 aliphatic carbocycles. The Hall–Kier alpha value is -1.34. The molecule has 7 heteroatoms. The van der Waals surface area contributed by atoms with Crippen LogP contribution in [0.3, 0.4) is 0 Å². The van der Waals surface area contributed by atoms with Crippen molar-refractivity contribution >= 4 is 44.9 Å². The summed E-state index contributed by atoms with van der Waals surface area (Å²) in [4.78, 5) is 20.4. The van der Waals surface area contributed by atoms with E-state index in [4.69, 9.17) is 16.6 Å². The van der Waals surface area contributed by atoms with Crippen LogP contribution in [0.5, 0.6) is 0 Å². The molecule has 1 N–H and O–H groups in total. The molecule has 26 heavy (non-hydrogen) atoms. The highest BCUT2D eigenvalue weighted by Gasteiger charge is 2.23. The zero-order chi connectivity index (χ0) is 18.3. The molecule has 136 valence electrons. The molecule has 3 aromatic rings. The predicted molar refractivity (Wildman–Crippen MR) is 109 cm³/mol. The van der Waals surface area contributed by atoms with E-state index in [1.165, 1.54) is 28.6 Å². The lowest BCUT2D eigenvalue weighted by Gasteiger charge is -2.14. The van der Waals surface area contributed by atoms with E-state index in [9.17, 15) is 9.90 Å². The van der Waals surface area contributed by atoms with Gasteiger partial charge in [-0.1, -0.05) is 29.4 Å². The van der Waals surface area contributed by atoms with E-state index in [0.29, 0.717) is 15.9 Å². The summed E-state index contributed by atoms with van der Waals surface area (Å²) in [6, 6.07) is 5.63. The van der Waals surface area contributed by atoms with E-state index < -0.39 is 0 Å². The van der Waals surface area contributed by atoms with Crippen molar-refractivity contribution in [2.45, 2.75) is 37.8 Å². The van der Waals surface area contributed by atoms with Gasteiger partial charge in [0, 0.05) is 15.7 Å². The van der Waals surface area contributed by atoms with Crippen molar-refractivity contribution in [1.29, 1.82) is 0 Å². The number of aryl methyl sites for hydroxylation is 3. The Balaban J connectivity index is 2.00. The van der Waals surface area contributed by atoms with Gasteiger partial charge in [-0.3, -0.25) is 9.36 Å².